The van der Waals surface area contributed by atoms with Crippen LogP contribution in [0.1, 0.15) is 29.9 Å². The first-order valence-electron chi connectivity index (χ1n) is 7.09. The topological polar surface area (TPSA) is 110 Å². The SMILES string of the molecule is CC(C)(O)c1c(NC(=O)c2cccc(OC(F)(F)F)n2)cnc(N)c1F. The van der Waals surface area contributed by atoms with E-state index in [0.717, 1.165) is 24.4 Å². The molecule has 26 heavy (non-hydrogen) atoms. The van der Waals surface area contributed by atoms with Crippen molar-refractivity contribution in [2.45, 2.75) is 25.8 Å². The lowest BCUT2D eigenvalue weighted by Crippen LogP contribution is -2.24. The molecule has 2 heterocycles. The maximum atomic E-state index is 14.2. The van der Waals surface area contributed by atoms with Crippen molar-refractivity contribution in [3.8, 4) is 5.88 Å². The number of aromatic nitrogens is 2. The normalized spacial score (nSPS) is 12.0. The molecule has 0 aliphatic carbocycles. The third kappa shape index (κ3) is 4.57. The smallest absolute Gasteiger partial charge is 0.388 e. The standard InChI is InChI=1S/C15H14F4N4O3/c1-14(2,25)10-8(6-21-12(20)11(10)16)23-13(24)7-4-3-5-9(22-7)26-15(17,18)19/h3-6,25H,1-2H3,(H2,20,21)(H,23,24). The van der Waals surface area contributed by atoms with Gasteiger partial charge in [0.1, 0.15) is 5.69 Å². The zero-order chi connectivity index (χ0) is 19.7. The van der Waals surface area contributed by atoms with Crippen LogP contribution < -0.4 is 15.8 Å². The van der Waals surface area contributed by atoms with Gasteiger partial charge in [0.25, 0.3) is 5.91 Å². The van der Waals surface area contributed by atoms with E-state index in [4.69, 9.17) is 5.73 Å². The highest BCUT2D eigenvalue weighted by molar-refractivity contribution is 6.03. The molecule has 2 aromatic rings. The van der Waals surface area contributed by atoms with Crippen LogP contribution in [0.15, 0.2) is 24.4 Å². The molecule has 0 atom stereocenters. The Hall–Kier alpha value is -2.95. The lowest BCUT2D eigenvalue weighted by atomic mass is 9.96. The summed E-state index contributed by atoms with van der Waals surface area (Å²) < 4.78 is 54.5. The number of nitrogens with zero attached hydrogens (tertiary/aromatic N) is 2. The van der Waals surface area contributed by atoms with Crippen LogP contribution in [0, 0.1) is 5.82 Å². The van der Waals surface area contributed by atoms with Crippen molar-refractivity contribution in [3.63, 3.8) is 0 Å². The summed E-state index contributed by atoms with van der Waals surface area (Å²) in [7, 11) is 0. The monoisotopic (exact) mass is 374 g/mol. The highest BCUT2D eigenvalue weighted by Crippen LogP contribution is 2.32. The van der Waals surface area contributed by atoms with Gasteiger partial charge in [-0.25, -0.2) is 14.4 Å². The predicted molar refractivity (Wildman–Crippen MR) is 82.7 cm³/mol. The van der Waals surface area contributed by atoms with Gasteiger partial charge in [0, 0.05) is 11.6 Å². The van der Waals surface area contributed by atoms with Crippen LogP contribution in [-0.4, -0.2) is 27.3 Å². The van der Waals surface area contributed by atoms with Crippen LogP contribution in [0.2, 0.25) is 0 Å². The molecule has 0 bridgehead atoms. The van der Waals surface area contributed by atoms with Gasteiger partial charge in [-0.05, 0) is 19.9 Å². The minimum atomic E-state index is -4.97. The molecule has 0 radical (unpaired) electrons. The van der Waals surface area contributed by atoms with E-state index in [9.17, 15) is 27.5 Å². The molecule has 0 saturated carbocycles. The molecule has 7 nitrogen and oxygen atoms in total. The van der Waals surface area contributed by atoms with Crippen LogP contribution in [0.5, 0.6) is 5.88 Å². The number of aliphatic hydroxyl groups is 1. The molecular formula is C15H14F4N4O3. The second-order valence-corrected chi connectivity index (χ2v) is 5.67. The van der Waals surface area contributed by atoms with E-state index in [0.29, 0.717) is 0 Å². The molecule has 0 aliphatic heterocycles. The number of halogens is 4. The van der Waals surface area contributed by atoms with Crippen molar-refractivity contribution in [2.75, 3.05) is 11.1 Å². The quantitative estimate of drug-likeness (QED) is 0.710. The molecule has 4 N–H and O–H groups in total. The van der Waals surface area contributed by atoms with Gasteiger partial charge in [0.05, 0.1) is 17.5 Å². The van der Waals surface area contributed by atoms with E-state index in [1.54, 1.807) is 0 Å². The van der Waals surface area contributed by atoms with Crippen LogP contribution in [0.25, 0.3) is 0 Å². The number of anilines is 2. The molecule has 2 rings (SSSR count). The number of hydrogen-bond acceptors (Lipinski definition) is 6. The van der Waals surface area contributed by atoms with Crippen LogP contribution in [0.4, 0.5) is 29.1 Å². The van der Waals surface area contributed by atoms with E-state index in [-0.39, 0.29) is 11.3 Å². The number of hydrogen-bond donors (Lipinski definition) is 3. The van der Waals surface area contributed by atoms with E-state index < -0.39 is 41.1 Å². The Morgan fingerprint density at radius 2 is 1.96 bits per heavy atom. The van der Waals surface area contributed by atoms with Gasteiger partial charge in [-0.15, -0.1) is 13.2 Å². The predicted octanol–water partition coefficient (Wildman–Crippen LogP) is 2.58. The summed E-state index contributed by atoms with van der Waals surface area (Å²) in [5.41, 5.74) is 2.67. The average Bonchev–Trinajstić information content (AvgIpc) is 2.48. The van der Waals surface area contributed by atoms with E-state index in [1.165, 1.54) is 13.8 Å². The first-order valence-corrected chi connectivity index (χ1v) is 7.09. The van der Waals surface area contributed by atoms with E-state index in [1.807, 2.05) is 0 Å². The molecule has 0 aliphatic rings. The largest absolute Gasteiger partial charge is 0.574 e. The van der Waals surface area contributed by atoms with Crippen LogP contribution in [-0.2, 0) is 5.60 Å². The van der Waals surface area contributed by atoms with Gasteiger partial charge >= 0.3 is 6.36 Å². The number of alkyl halides is 3. The Morgan fingerprint density at radius 3 is 2.54 bits per heavy atom. The Kier molecular flexibility index (Phi) is 5.03. The Bertz CT molecular complexity index is 835. The maximum absolute atomic E-state index is 14.2. The Morgan fingerprint density at radius 1 is 1.31 bits per heavy atom. The molecule has 140 valence electrons. The molecule has 0 unspecified atom stereocenters. The van der Waals surface area contributed by atoms with Gasteiger partial charge in [-0.3, -0.25) is 4.79 Å². The highest BCUT2D eigenvalue weighted by atomic mass is 19.4. The summed E-state index contributed by atoms with van der Waals surface area (Å²) in [6, 6.07) is 3.17. The minimum Gasteiger partial charge on any atom is -0.388 e. The summed E-state index contributed by atoms with van der Waals surface area (Å²) in [5, 5.41) is 12.3. The summed E-state index contributed by atoms with van der Waals surface area (Å²) >= 11 is 0. The van der Waals surface area contributed by atoms with Crippen molar-refractivity contribution in [1.29, 1.82) is 0 Å². The van der Waals surface area contributed by atoms with Crippen molar-refractivity contribution >= 4 is 17.4 Å². The number of nitrogens with two attached hydrogens (primary N) is 1. The van der Waals surface area contributed by atoms with Crippen molar-refractivity contribution in [1.82, 2.24) is 9.97 Å². The maximum Gasteiger partial charge on any atom is 0.574 e. The van der Waals surface area contributed by atoms with Crippen molar-refractivity contribution in [2.24, 2.45) is 0 Å². The van der Waals surface area contributed by atoms with Gasteiger partial charge < -0.3 is 20.9 Å². The fourth-order valence-electron chi connectivity index (χ4n) is 2.10. The number of ether oxygens (including phenoxy) is 1. The molecule has 0 aromatic carbocycles. The number of carbonyl (C=O) groups excluding carboxylic acids is 1. The lowest BCUT2D eigenvalue weighted by Gasteiger charge is -2.22. The third-order valence-electron chi connectivity index (χ3n) is 3.08. The zero-order valence-electron chi connectivity index (χ0n) is 13.6. The zero-order valence-corrected chi connectivity index (χ0v) is 13.6. The molecule has 1 amide bonds. The minimum absolute atomic E-state index is 0.210. The number of pyridine rings is 2. The fourth-order valence-corrected chi connectivity index (χ4v) is 2.10. The second-order valence-electron chi connectivity index (χ2n) is 5.67. The third-order valence-corrected chi connectivity index (χ3v) is 3.08. The molecule has 11 heteroatoms. The lowest BCUT2D eigenvalue weighted by molar-refractivity contribution is -0.276. The fraction of sp³-hybridized carbons (Fsp3) is 0.267. The van der Waals surface area contributed by atoms with Crippen LogP contribution >= 0.6 is 0 Å². The first-order chi connectivity index (χ1) is 11.9. The van der Waals surface area contributed by atoms with Gasteiger partial charge in [-0.2, -0.15) is 0 Å². The first kappa shape index (κ1) is 19.4. The summed E-state index contributed by atoms with van der Waals surface area (Å²) in [6.45, 7) is 2.52. The number of nitrogens with one attached hydrogen (secondary N) is 1. The van der Waals surface area contributed by atoms with Crippen LogP contribution in [0.3, 0.4) is 0 Å². The molecule has 2 aromatic heterocycles. The molecule has 0 saturated heterocycles. The van der Waals surface area contributed by atoms with E-state index in [2.05, 4.69) is 20.0 Å². The summed E-state index contributed by atoms with van der Waals surface area (Å²) in [6.07, 6.45) is -3.96. The van der Waals surface area contributed by atoms with E-state index >= 15 is 0 Å². The average molecular weight is 374 g/mol. The number of rotatable bonds is 4. The van der Waals surface area contributed by atoms with Crippen molar-refractivity contribution in [3.05, 3.63) is 41.5 Å². The van der Waals surface area contributed by atoms with Gasteiger partial charge in [-0.1, -0.05) is 6.07 Å². The number of carbonyl (C=O) groups is 1. The second kappa shape index (κ2) is 6.75. The summed E-state index contributed by atoms with van der Waals surface area (Å²) in [5.74, 6) is -3.32. The number of amides is 1. The van der Waals surface area contributed by atoms with Crippen molar-refractivity contribution < 1.29 is 32.2 Å². The number of nitrogen functional groups attached to an aromatic ring is 1. The highest BCUT2D eigenvalue weighted by Gasteiger charge is 2.32. The van der Waals surface area contributed by atoms with Gasteiger partial charge in [0.2, 0.25) is 5.88 Å². The summed E-state index contributed by atoms with van der Waals surface area (Å²) in [4.78, 5) is 19.2. The Balaban J connectivity index is 2.34. The van der Waals surface area contributed by atoms with Gasteiger partial charge in [0.15, 0.2) is 11.6 Å². The molecular weight excluding hydrogens is 360 g/mol. The molecule has 0 spiro atoms. The Labute approximate surface area is 144 Å². The molecule has 0 fully saturated rings.